The lowest BCUT2D eigenvalue weighted by Crippen LogP contribution is -3.05. The highest BCUT2D eigenvalue weighted by Gasteiger charge is 2.20. The molecule has 2 aromatic rings. The molecule has 0 saturated carbocycles. The van der Waals surface area contributed by atoms with Gasteiger partial charge in [-0.1, -0.05) is 0 Å². The SMILES string of the molecule is Cc1csc(NC(=O)CN(CCC[NH+](C)C)C(=O)c2ccc([N+](=O)[O-])cc2)n1. The monoisotopic (exact) mass is 406 g/mol. The van der Waals surface area contributed by atoms with Gasteiger partial charge in [-0.25, -0.2) is 4.98 Å². The highest BCUT2D eigenvalue weighted by Crippen LogP contribution is 2.16. The maximum absolute atomic E-state index is 12.9. The molecule has 0 aliphatic rings. The highest BCUT2D eigenvalue weighted by molar-refractivity contribution is 7.13. The molecule has 0 aliphatic heterocycles. The lowest BCUT2D eigenvalue weighted by Gasteiger charge is -2.22. The van der Waals surface area contributed by atoms with Crippen LogP contribution >= 0.6 is 11.3 Å². The van der Waals surface area contributed by atoms with Crippen LogP contribution in [0.5, 0.6) is 0 Å². The van der Waals surface area contributed by atoms with Gasteiger partial charge in [0.25, 0.3) is 11.6 Å². The summed E-state index contributed by atoms with van der Waals surface area (Å²) in [5.41, 5.74) is 1.03. The van der Waals surface area contributed by atoms with Crippen LogP contribution in [0.3, 0.4) is 0 Å². The summed E-state index contributed by atoms with van der Waals surface area (Å²) in [6, 6.07) is 5.39. The number of nitro benzene ring substituents is 1. The Morgan fingerprint density at radius 3 is 2.50 bits per heavy atom. The molecule has 0 bridgehead atoms. The van der Waals surface area contributed by atoms with Gasteiger partial charge in [-0.05, 0) is 19.1 Å². The number of amides is 2. The zero-order chi connectivity index (χ0) is 20.7. The van der Waals surface area contributed by atoms with Crippen LogP contribution in [0, 0.1) is 17.0 Å². The Bertz CT molecular complexity index is 835. The first kappa shape index (κ1) is 21.5. The molecule has 0 spiro atoms. The number of aryl methyl sites for hydroxylation is 1. The van der Waals surface area contributed by atoms with Crippen LogP contribution in [0.15, 0.2) is 29.6 Å². The molecular weight excluding hydrogens is 382 g/mol. The first-order valence-corrected chi connectivity index (χ1v) is 9.69. The van der Waals surface area contributed by atoms with Crippen molar-refractivity contribution in [3.63, 3.8) is 0 Å². The van der Waals surface area contributed by atoms with Crippen LogP contribution in [-0.4, -0.2) is 60.4 Å². The quantitative estimate of drug-likeness (QED) is 0.476. The number of carbonyl (C=O) groups is 2. The minimum absolute atomic E-state index is 0.0869. The fraction of sp³-hybridized carbons (Fsp3) is 0.389. The average Bonchev–Trinajstić information content (AvgIpc) is 3.04. The number of nitrogens with zero attached hydrogens (tertiary/aromatic N) is 3. The van der Waals surface area contributed by atoms with Gasteiger partial charge in [-0.2, -0.15) is 0 Å². The van der Waals surface area contributed by atoms with Gasteiger partial charge in [-0.15, -0.1) is 11.3 Å². The molecule has 0 unspecified atom stereocenters. The Kier molecular flexibility index (Phi) is 7.59. The second-order valence-electron chi connectivity index (χ2n) is 6.68. The zero-order valence-electron chi connectivity index (χ0n) is 16.1. The minimum Gasteiger partial charge on any atom is -0.340 e. The summed E-state index contributed by atoms with van der Waals surface area (Å²) in [4.78, 5) is 42.4. The van der Waals surface area contributed by atoms with E-state index in [0.717, 1.165) is 18.7 Å². The summed E-state index contributed by atoms with van der Waals surface area (Å²) in [5.74, 6) is -0.670. The maximum atomic E-state index is 12.9. The standard InChI is InChI=1S/C18H23N5O4S/c1-13-12-28-18(19-13)20-16(24)11-22(10-4-9-21(2)3)17(25)14-5-7-15(8-6-14)23(26)27/h5-8,12H,4,9-11H2,1-3H3,(H,19,20,24)/p+1. The van der Waals surface area contributed by atoms with Crippen molar-refractivity contribution in [1.29, 1.82) is 0 Å². The van der Waals surface area contributed by atoms with E-state index >= 15 is 0 Å². The fourth-order valence-corrected chi connectivity index (χ4v) is 3.23. The van der Waals surface area contributed by atoms with E-state index in [0.29, 0.717) is 17.2 Å². The summed E-state index contributed by atoms with van der Waals surface area (Å²) >= 11 is 1.32. The first-order chi connectivity index (χ1) is 13.3. The van der Waals surface area contributed by atoms with Crippen molar-refractivity contribution >= 4 is 34.0 Å². The van der Waals surface area contributed by atoms with Crippen molar-refractivity contribution in [2.45, 2.75) is 13.3 Å². The summed E-state index contributed by atoms with van der Waals surface area (Å²) < 4.78 is 0. The van der Waals surface area contributed by atoms with Crippen molar-refractivity contribution in [3.8, 4) is 0 Å². The molecule has 0 atom stereocenters. The van der Waals surface area contributed by atoms with Gasteiger partial charge in [0.2, 0.25) is 5.91 Å². The number of hydrogen-bond acceptors (Lipinski definition) is 6. The molecule has 28 heavy (non-hydrogen) atoms. The molecule has 1 aromatic carbocycles. The van der Waals surface area contributed by atoms with Crippen molar-refractivity contribution in [2.75, 3.05) is 39.0 Å². The number of anilines is 1. The molecule has 0 radical (unpaired) electrons. The zero-order valence-corrected chi connectivity index (χ0v) is 16.9. The summed E-state index contributed by atoms with van der Waals surface area (Å²) in [7, 11) is 4.03. The van der Waals surface area contributed by atoms with E-state index in [9.17, 15) is 19.7 Å². The molecule has 2 rings (SSSR count). The van der Waals surface area contributed by atoms with Crippen LogP contribution < -0.4 is 10.2 Å². The second-order valence-corrected chi connectivity index (χ2v) is 7.54. The average molecular weight is 406 g/mol. The molecule has 2 N–H and O–H groups in total. The van der Waals surface area contributed by atoms with E-state index < -0.39 is 4.92 Å². The largest absolute Gasteiger partial charge is 0.340 e. The number of aromatic nitrogens is 1. The Hall–Kier alpha value is -2.85. The number of carbonyl (C=O) groups excluding carboxylic acids is 2. The van der Waals surface area contributed by atoms with E-state index in [2.05, 4.69) is 10.3 Å². The molecule has 0 fully saturated rings. The van der Waals surface area contributed by atoms with E-state index in [-0.39, 0.29) is 24.0 Å². The number of non-ortho nitro benzene ring substituents is 1. The molecule has 2 amide bonds. The number of benzene rings is 1. The summed E-state index contributed by atoms with van der Waals surface area (Å²) in [6.07, 6.45) is 0.727. The second kappa shape index (κ2) is 9.90. The highest BCUT2D eigenvalue weighted by atomic mass is 32.1. The third-order valence-corrected chi connectivity index (χ3v) is 4.79. The van der Waals surface area contributed by atoms with Gasteiger partial charge in [0.1, 0.15) is 6.54 Å². The Balaban J connectivity index is 2.09. The number of hydrogen-bond donors (Lipinski definition) is 2. The number of quaternary nitrogens is 1. The van der Waals surface area contributed by atoms with Gasteiger partial charge in [0.15, 0.2) is 5.13 Å². The topological polar surface area (TPSA) is 110 Å². The van der Waals surface area contributed by atoms with Gasteiger partial charge in [0, 0.05) is 36.0 Å². The maximum Gasteiger partial charge on any atom is 0.269 e. The molecule has 10 heteroatoms. The van der Waals surface area contributed by atoms with E-state index in [1.54, 1.807) is 0 Å². The first-order valence-electron chi connectivity index (χ1n) is 8.81. The number of thiazole rings is 1. The lowest BCUT2D eigenvalue weighted by molar-refractivity contribution is -0.858. The van der Waals surface area contributed by atoms with Crippen molar-refractivity contribution in [3.05, 3.63) is 51.0 Å². The molecular formula is C18H24N5O4S+. The molecule has 0 saturated heterocycles. The Labute approximate surface area is 167 Å². The lowest BCUT2D eigenvalue weighted by atomic mass is 10.1. The molecule has 9 nitrogen and oxygen atoms in total. The summed E-state index contributed by atoms with van der Waals surface area (Å²) in [6.45, 7) is 2.97. The van der Waals surface area contributed by atoms with Crippen LogP contribution in [0.4, 0.5) is 10.8 Å². The van der Waals surface area contributed by atoms with Crippen LogP contribution in [0.2, 0.25) is 0 Å². The molecule has 1 heterocycles. The normalized spacial score (nSPS) is 10.7. The molecule has 150 valence electrons. The molecule has 1 aromatic heterocycles. The Morgan fingerprint density at radius 1 is 1.29 bits per heavy atom. The van der Waals surface area contributed by atoms with Crippen molar-refractivity contribution in [1.82, 2.24) is 9.88 Å². The predicted octanol–water partition coefficient (Wildman–Crippen LogP) is 0.975. The van der Waals surface area contributed by atoms with E-state index in [1.807, 2.05) is 26.4 Å². The van der Waals surface area contributed by atoms with Crippen molar-refractivity contribution < 1.29 is 19.4 Å². The van der Waals surface area contributed by atoms with E-state index in [4.69, 9.17) is 0 Å². The number of nitro groups is 1. The fourth-order valence-electron chi connectivity index (χ4n) is 2.53. The predicted molar refractivity (Wildman–Crippen MR) is 107 cm³/mol. The van der Waals surface area contributed by atoms with Crippen molar-refractivity contribution in [2.24, 2.45) is 0 Å². The number of nitrogens with one attached hydrogen (secondary N) is 2. The van der Waals surface area contributed by atoms with Gasteiger partial charge in [0.05, 0.1) is 31.3 Å². The van der Waals surface area contributed by atoms with Gasteiger partial charge in [-0.3, -0.25) is 19.7 Å². The minimum atomic E-state index is -0.519. The smallest absolute Gasteiger partial charge is 0.269 e. The van der Waals surface area contributed by atoms with Gasteiger partial charge >= 0.3 is 0 Å². The summed E-state index contributed by atoms with van der Waals surface area (Å²) in [5, 5.41) is 15.8. The molecule has 0 aliphatic carbocycles. The number of rotatable bonds is 9. The van der Waals surface area contributed by atoms with Crippen LogP contribution in [0.1, 0.15) is 22.5 Å². The van der Waals surface area contributed by atoms with Crippen LogP contribution in [-0.2, 0) is 4.79 Å². The third kappa shape index (κ3) is 6.39. The third-order valence-electron chi connectivity index (χ3n) is 3.92. The van der Waals surface area contributed by atoms with E-state index in [1.165, 1.54) is 45.4 Å². The van der Waals surface area contributed by atoms with Crippen LogP contribution in [0.25, 0.3) is 0 Å². The van der Waals surface area contributed by atoms with Gasteiger partial charge < -0.3 is 15.1 Å². The Morgan fingerprint density at radius 2 is 1.96 bits per heavy atom.